The molecule has 0 saturated heterocycles. The summed E-state index contributed by atoms with van der Waals surface area (Å²) < 4.78 is 0.918. The second-order valence-corrected chi connectivity index (χ2v) is 5.83. The summed E-state index contributed by atoms with van der Waals surface area (Å²) in [5.74, 6) is -0.139. The Morgan fingerprint density at radius 1 is 1.19 bits per heavy atom. The quantitative estimate of drug-likeness (QED) is 0.892. The van der Waals surface area contributed by atoms with Crippen LogP contribution in [0.3, 0.4) is 0 Å². The Morgan fingerprint density at radius 2 is 1.86 bits per heavy atom. The van der Waals surface area contributed by atoms with Gasteiger partial charge in [-0.25, -0.2) is 0 Å². The molecule has 5 heteroatoms. The molecule has 0 radical (unpaired) electrons. The lowest BCUT2D eigenvalue weighted by Crippen LogP contribution is -2.16. The minimum absolute atomic E-state index is 0.139. The monoisotopic (exact) mass is 347 g/mol. The van der Waals surface area contributed by atoms with E-state index in [9.17, 15) is 4.79 Å². The van der Waals surface area contributed by atoms with Crippen LogP contribution in [0.2, 0.25) is 0 Å². The van der Waals surface area contributed by atoms with Crippen molar-refractivity contribution in [3.05, 3.63) is 58.1 Å². The lowest BCUT2D eigenvalue weighted by atomic mass is 10.1. The third-order valence-corrected chi connectivity index (χ3v) is 3.63. The molecule has 0 atom stereocenters. The van der Waals surface area contributed by atoms with Crippen LogP contribution in [0.15, 0.2) is 46.9 Å². The highest BCUT2D eigenvalue weighted by Crippen LogP contribution is 2.28. The highest BCUT2D eigenvalue weighted by Gasteiger charge is 2.11. The molecule has 4 nitrogen and oxygen atoms in total. The van der Waals surface area contributed by atoms with Gasteiger partial charge in [0.25, 0.3) is 5.91 Å². The molecule has 0 saturated carbocycles. The second kappa shape index (κ2) is 6.74. The molecule has 0 aromatic heterocycles. The summed E-state index contributed by atoms with van der Waals surface area (Å²) in [6.07, 6.45) is 0. The van der Waals surface area contributed by atoms with E-state index in [1.165, 1.54) is 0 Å². The highest BCUT2D eigenvalue weighted by atomic mass is 79.9. The number of carbonyl (C=O) groups is 1. The van der Waals surface area contributed by atoms with Gasteiger partial charge in [0.1, 0.15) is 0 Å². The molecule has 3 N–H and O–H groups in total. The zero-order valence-electron chi connectivity index (χ0n) is 12.1. The van der Waals surface area contributed by atoms with Crippen LogP contribution in [0, 0.1) is 0 Å². The SMILES string of the molecule is CN(C)c1ccc(Br)cc1NC(=O)c1ccc(CN)cc1. The Morgan fingerprint density at radius 3 is 2.43 bits per heavy atom. The number of nitrogens with zero attached hydrogens (tertiary/aromatic N) is 1. The van der Waals surface area contributed by atoms with Crippen molar-refractivity contribution in [2.45, 2.75) is 6.54 Å². The Bertz CT molecular complexity index is 638. The van der Waals surface area contributed by atoms with Gasteiger partial charge in [-0.05, 0) is 35.9 Å². The average molecular weight is 348 g/mol. The van der Waals surface area contributed by atoms with E-state index in [1.807, 2.05) is 49.3 Å². The van der Waals surface area contributed by atoms with E-state index in [1.54, 1.807) is 12.1 Å². The van der Waals surface area contributed by atoms with Gasteiger partial charge in [0.05, 0.1) is 11.4 Å². The van der Waals surface area contributed by atoms with Crippen molar-refractivity contribution in [1.29, 1.82) is 0 Å². The standard InChI is InChI=1S/C16H18BrN3O/c1-20(2)15-8-7-13(17)9-14(15)19-16(21)12-5-3-11(10-18)4-6-12/h3-9H,10,18H2,1-2H3,(H,19,21). The summed E-state index contributed by atoms with van der Waals surface area (Å²) in [6.45, 7) is 0.471. The maximum atomic E-state index is 12.3. The predicted molar refractivity (Wildman–Crippen MR) is 90.8 cm³/mol. The van der Waals surface area contributed by atoms with Crippen LogP contribution >= 0.6 is 15.9 Å². The summed E-state index contributed by atoms with van der Waals surface area (Å²) >= 11 is 3.43. The van der Waals surface area contributed by atoms with Crippen molar-refractivity contribution in [3.8, 4) is 0 Å². The summed E-state index contributed by atoms with van der Waals surface area (Å²) in [7, 11) is 3.88. The van der Waals surface area contributed by atoms with Crippen molar-refractivity contribution in [2.75, 3.05) is 24.3 Å². The number of halogens is 1. The zero-order valence-corrected chi connectivity index (χ0v) is 13.6. The maximum absolute atomic E-state index is 12.3. The van der Waals surface area contributed by atoms with Crippen molar-refractivity contribution < 1.29 is 4.79 Å². The van der Waals surface area contributed by atoms with Crippen LogP contribution in [0.4, 0.5) is 11.4 Å². The minimum atomic E-state index is -0.139. The number of amides is 1. The van der Waals surface area contributed by atoms with Gasteiger partial charge >= 0.3 is 0 Å². The van der Waals surface area contributed by atoms with Gasteiger partial charge in [0.15, 0.2) is 0 Å². The number of hydrogen-bond donors (Lipinski definition) is 2. The normalized spacial score (nSPS) is 10.3. The van der Waals surface area contributed by atoms with Gasteiger partial charge in [0, 0.05) is 30.7 Å². The lowest BCUT2D eigenvalue weighted by molar-refractivity contribution is 0.102. The van der Waals surface area contributed by atoms with Crippen LogP contribution < -0.4 is 16.0 Å². The van der Waals surface area contributed by atoms with E-state index < -0.39 is 0 Å². The Kier molecular flexibility index (Phi) is 4.98. The predicted octanol–water partition coefficient (Wildman–Crippen LogP) is 3.23. The van der Waals surface area contributed by atoms with Crippen molar-refractivity contribution in [1.82, 2.24) is 0 Å². The highest BCUT2D eigenvalue weighted by molar-refractivity contribution is 9.10. The number of hydrogen-bond acceptors (Lipinski definition) is 3. The molecule has 2 aromatic rings. The van der Waals surface area contributed by atoms with Crippen molar-refractivity contribution in [3.63, 3.8) is 0 Å². The number of anilines is 2. The largest absolute Gasteiger partial charge is 0.376 e. The minimum Gasteiger partial charge on any atom is -0.376 e. The van der Waals surface area contributed by atoms with E-state index in [0.717, 1.165) is 21.4 Å². The van der Waals surface area contributed by atoms with Crippen LogP contribution in [0.5, 0.6) is 0 Å². The molecule has 0 unspecified atom stereocenters. The molecular formula is C16H18BrN3O. The molecule has 0 heterocycles. The zero-order chi connectivity index (χ0) is 15.4. The Hall–Kier alpha value is -1.85. The van der Waals surface area contributed by atoms with Gasteiger partial charge in [-0.15, -0.1) is 0 Å². The molecule has 0 bridgehead atoms. The smallest absolute Gasteiger partial charge is 0.255 e. The van der Waals surface area contributed by atoms with E-state index in [2.05, 4.69) is 21.2 Å². The fourth-order valence-electron chi connectivity index (χ4n) is 1.99. The van der Waals surface area contributed by atoms with Gasteiger partial charge in [-0.3, -0.25) is 4.79 Å². The van der Waals surface area contributed by atoms with E-state index >= 15 is 0 Å². The first-order valence-electron chi connectivity index (χ1n) is 6.58. The van der Waals surface area contributed by atoms with E-state index in [4.69, 9.17) is 5.73 Å². The van der Waals surface area contributed by atoms with Gasteiger partial charge in [0.2, 0.25) is 0 Å². The van der Waals surface area contributed by atoms with Crippen LogP contribution in [-0.4, -0.2) is 20.0 Å². The molecule has 0 fully saturated rings. The molecule has 1 amide bonds. The van der Waals surface area contributed by atoms with Gasteiger partial charge in [-0.2, -0.15) is 0 Å². The molecule has 0 spiro atoms. The number of nitrogens with one attached hydrogen (secondary N) is 1. The molecule has 0 aliphatic heterocycles. The number of benzene rings is 2. The van der Waals surface area contributed by atoms with Crippen LogP contribution in [-0.2, 0) is 6.54 Å². The third-order valence-electron chi connectivity index (χ3n) is 3.14. The molecule has 21 heavy (non-hydrogen) atoms. The topological polar surface area (TPSA) is 58.4 Å². The van der Waals surface area contributed by atoms with E-state index in [0.29, 0.717) is 12.1 Å². The third kappa shape index (κ3) is 3.83. The first-order chi connectivity index (χ1) is 10.0. The molecule has 110 valence electrons. The molecule has 2 rings (SSSR count). The fraction of sp³-hybridized carbons (Fsp3) is 0.188. The first kappa shape index (κ1) is 15.5. The van der Waals surface area contributed by atoms with Crippen LogP contribution in [0.25, 0.3) is 0 Å². The summed E-state index contributed by atoms with van der Waals surface area (Å²) in [5, 5.41) is 2.94. The summed E-state index contributed by atoms with van der Waals surface area (Å²) in [5.41, 5.74) is 8.88. The molecular weight excluding hydrogens is 330 g/mol. The Balaban J connectivity index is 2.24. The van der Waals surface area contributed by atoms with Gasteiger partial charge in [-0.1, -0.05) is 28.1 Å². The Labute approximate surface area is 133 Å². The second-order valence-electron chi connectivity index (χ2n) is 4.91. The number of carbonyl (C=O) groups excluding carboxylic acids is 1. The first-order valence-corrected chi connectivity index (χ1v) is 7.38. The summed E-state index contributed by atoms with van der Waals surface area (Å²) in [6, 6.07) is 13.1. The summed E-state index contributed by atoms with van der Waals surface area (Å²) in [4.78, 5) is 14.3. The van der Waals surface area contributed by atoms with Crippen LogP contribution in [0.1, 0.15) is 15.9 Å². The number of nitrogens with two attached hydrogens (primary N) is 1. The molecule has 2 aromatic carbocycles. The molecule has 0 aliphatic carbocycles. The van der Waals surface area contributed by atoms with Gasteiger partial charge < -0.3 is 16.0 Å². The number of rotatable bonds is 4. The average Bonchev–Trinajstić information content (AvgIpc) is 2.47. The molecule has 0 aliphatic rings. The van der Waals surface area contributed by atoms with E-state index in [-0.39, 0.29) is 5.91 Å². The lowest BCUT2D eigenvalue weighted by Gasteiger charge is -2.18. The van der Waals surface area contributed by atoms with Crippen molar-refractivity contribution >= 4 is 33.2 Å². The fourth-order valence-corrected chi connectivity index (χ4v) is 2.35. The van der Waals surface area contributed by atoms with Crippen molar-refractivity contribution in [2.24, 2.45) is 5.73 Å². The maximum Gasteiger partial charge on any atom is 0.255 e.